The van der Waals surface area contributed by atoms with Gasteiger partial charge >= 0.3 is 0 Å². The van der Waals surface area contributed by atoms with Gasteiger partial charge < -0.3 is 15.4 Å². The van der Waals surface area contributed by atoms with Gasteiger partial charge in [-0.25, -0.2) is 0 Å². The van der Waals surface area contributed by atoms with Gasteiger partial charge in [0.25, 0.3) is 5.91 Å². The van der Waals surface area contributed by atoms with Gasteiger partial charge in [0.15, 0.2) is 0 Å². The number of nitrogens with one attached hydrogen (secondary N) is 2. The molecule has 0 radical (unpaired) electrons. The topological polar surface area (TPSA) is 50.4 Å². The van der Waals surface area contributed by atoms with Crippen LogP contribution >= 0.6 is 11.3 Å². The van der Waals surface area contributed by atoms with E-state index in [1.807, 2.05) is 5.38 Å². The molecule has 1 aromatic heterocycles. The van der Waals surface area contributed by atoms with Gasteiger partial charge in [-0.3, -0.25) is 4.79 Å². The second-order valence-corrected chi connectivity index (χ2v) is 4.77. The van der Waals surface area contributed by atoms with E-state index >= 15 is 0 Å². The van der Waals surface area contributed by atoms with Crippen molar-refractivity contribution in [3.63, 3.8) is 0 Å². The molecular weight excluding hydrogens is 224 g/mol. The molecule has 2 N–H and O–H groups in total. The lowest BCUT2D eigenvalue weighted by atomic mass is 10.2. The van der Waals surface area contributed by atoms with Crippen molar-refractivity contribution in [1.82, 2.24) is 10.6 Å². The first-order valence-electron chi connectivity index (χ1n) is 5.43. The van der Waals surface area contributed by atoms with Gasteiger partial charge in [0.2, 0.25) is 0 Å². The highest BCUT2D eigenvalue weighted by Gasteiger charge is 2.16. The Morgan fingerprint density at radius 2 is 2.62 bits per heavy atom. The van der Waals surface area contributed by atoms with Crippen molar-refractivity contribution in [3.8, 4) is 5.75 Å². The molecule has 1 amide bonds. The van der Waals surface area contributed by atoms with Crippen LogP contribution in [0.25, 0.3) is 0 Å². The third kappa shape index (κ3) is 2.74. The van der Waals surface area contributed by atoms with Crippen molar-refractivity contribution >= 4 is 17.2 Å². The summed E-state index contributed by atoms with van der Waals surface area (Å²) >= 11 is 1.41. The molecule has 1 aliphatic rings. The van der Waals surface area contributed by atoms with E-state index < -0.39 is 0 Å². The summed E-state index contributed by atoms with van der Waals surface area (Å²) in [5, 5.41) is 8.11. The highest BCUT2D eigenvalue weighted by atomic mass is 32.1. The Bertz CT molecular complexity index is 359. The lowest BCUT2D eigenvalue weighted by Gasteiger charge is -2.10. The second-order valence-electron chi connectivity index (χ2n) is 3.85. The first kappa shape index (κ1) is 11.4. The smallest absolute Gasteiger partial charge is 0.261 e. The minimum atomic E-state index is -0.0120. The molecule has 0 spiro atoms. The van der Waals surface area contributed by atoms with Crippen LogP contribution in [-0.4, -0.2) is 32.1 Å². The fourth-order valence-corrected chi connectivity index (χ4v) is 2.55. The van der Waals surface area contributed by atoms with Crippen LogP contribution in [0.3, 0.4) is 0 Å². The first-order valence-corrected chi connectivity index (χ1v) is 6.31. The Morgan fingerprint density at radius 1 is 1.75 bits per heavy atom. The number of ether oxygens (including phenoxy) is 1. The summed E-state index contributed by atoms with van der Waals surface area (Å²) in [6, 6.07) is 2.20. The fraction of sp³-hybridized carbons (Fsp3) is 0.545. The molecule has 1 aliphatic heterocycles. The standard InChI is InChI=1S/C11H16N2O2S/c1-15-9-5-10(16-7-9)11(14)13-6-8-3-2-4-12-8/h5,7-8,12H,2-4,6H2,1H3,(H,13,14). The maximum atomic E-state index is 11.7. The SMILES string of the molecule is COc1csc(C(=O)NCC2CCCN2)c1. The van der Waals surface area contributed by atoms with E-state index in [1.165, 1.54) is 17.8 Å². The fourth-order valence-electron chi connectivity index (χ4n) is 1.78. The minimum Gasteiger partial charge on any atom is -0.496 e. The van der Waals surface area contributed by atoms with E-state index in [0.717, 1.165) is 18.7 Å². The molecule has 0 saturated carbocycles. The molecule has 4 nitrogen and oxygen atoms in total. The molecule has 0 aromatic carbocycles. The lowest BCUT2D eigenvalue weighted by molar-refractivity contribution is 0.0954. The normalized spacial score (nSPS) is 19.7. The van der Waals surface area contributed by atoms with Crippen LogP contribution in [0.2, 0.25) is 0 Å². The number of amides is 1. The maximum Gasteiger partial charge on any atom is 0.261 e. The van der Waals surface area contributed by atoms with Gasteiger partial charge in [0.1, 0.15) is 5.75 Å². The zero-order valence-electron chi connectivity index (χ0n) is 9.29. The Morgan fingerprint density at radius 3 is 3.25 bits per heavy atom. The van der Waals surface area contributed by atoms with Gasteiger partial charge in [-0.2, -0.15) is 0 Å². The quantitative estimate of drug-likeness (QED) is 0.832. The number of carbonyl (C=O) groups is 1. The predicted octanol–water partition coefficient (Wildman–Crippen LogP) is 1.24. The van der Waals surface area contributed by atoms with Gasteiger partial charge in [0, 0.05) is 24.0 Å². The molecule has 1 fully saturated rings. The van der Waals surface area contributed by atoms with Gasteiger partial charge in [-0.15, -0.1) is 11.3 Å². The summed E-state index contributed by atoms with van der Waals surface area (Å²) < 4.78 is 5.04. The third-order valence-corrected chi connectivity index (χ3v) is 3.61. The number of hydrogen-bond acceptors (Lipinski definition) is 4. The minimum absolute atomic E-state index is 0.0120. The molecule has 1 aromatic rings. The summed E-state index contributed by atoms with van der Waals surface area (Å²) in [4.78, 5) is 12.5. The van der Waals surface area contributed by atoms with E-state index in [9.17, 15) is 4.79 Å². The van der Waals surface area contributed by atoms with E-state index in [2.05, 4.69) is 10.6 Å². The summed E-state index contributed by atoms with van der Waals surface area (Å²) in [7, 11) is 1.60. The average molecular weight is 240 g/mol. The molecular formula is C11H16N2O2S. The van der Waals surface area contributed by atoms with E-state index in [0.29, 0.717) is 17.5 Å². The van der Waals surface area contributed by atoms with Crippen LogP contribution in [0, 0.1) is 0 Å². The van der Waals surface area contributed by atoms with Gasteiger partial charge in [0.05, 0.1) is 12.0 Å². The van der Waals surface area contributed by atoms with Crippen LogP contribution in [0.4, 0.5) is 0 Å². The summed E-state index contributed by atoms with van der Waals surface area (Å²) in [5.74, 6) is 0.733. The van der Waals surface area contributed by atoms with Gasteiger partial charge in [-0.1, -0.05) is 0 Å². The molecule has 0 aliphatic carbocycles. The molecule has 2 rings (SSSR count). The Balaban J connectivity index is 1.82. The van der Waals surface area contributed by atoms with Crippen molar-refractivity contribution in [3.05, 3.63) is 16.3 Å². The Labute approximate surface area is 99.0 Å². The summed E-state index contributed by atoms with van der Waals surface area (Å²) in [6.07, 6.45) is 2.35. The highest BCUT2D eigenvalue weighted by molar-refractivity contribution is 7.12. The highest BCUT2D eigenvalue weighted by Crippen LogP contribution is 2.20. The number of methoxy groups -OCH3 is 1. The molecule has 88 valence electrons. The number of thiophene rings is 1. The van der Waals surface area contributed by atoms with Crippen LogP contribution in [0.1, 0.15) is 22.5 Å². The molecule has 5 heteroatoms. The molecule has 1 atom stereocenters. The van der Waals surface area contributed by atoms with Crippen LogP contribution in [-0.2, 0) is 0 Å². The van der Waals surface area contributed by atoms with E-state index in [-0.39, 0.29) is 5.91 Å². The average Bonchev–Trinajstić information content (AvgIpc) is 2.96. The third-order valence-electron chi connectivity index (χ3n) is 2.71. The van der Waals surface area contributed by atoms with E-state index in [1.54, 1.807) is 13.2 Å². The molecule has 16 heavy (non-hydrogen) atoms. The van der Waals surface area contributed by atoms with Crippen molar-refractivity contribution in [2.45, 2.75) is 18.9 Å². The largest absolute Gasteiger partial charge is 0.496 e. The van der Waals surface area contributed by atoms with Crippen molar-refractivity contribution in [2.24, 2.45) is 0 Å². The van der Waals surface area contributed by atoms with Crippen LogP contribution in [0.15, 0.2) is 11.4 Å². The molecule has 1 saturated heterocycles. The zero-order valence-corrected chi connectivity index (χ0v) is 10.1. The summed E-state index contributed by atoms with van der Waals surface area (Å²) in [5.41, 5.74) is 0. The van der Waals surface area contributed by atoms with Crippen LogP contribution < -0.4 is 15.4 Å². The van der Waals surface area contributed by atoms with Crippen molar-refractivity contribution in [1.29, 1.82) is 0 Å². The van der Waals surface area contributed by atoms with Crippen LogP contribution in [0.5, 0.6) is 5.75 Å². The maximum absolute atomic E-state index is 11.7. The first-order chi connectivity index (χ1) is 7.79. The van der Waals surface area contributed by atoms with E-state index in [4.69, 9.17) is 4.74 Å². The number of rotatable bonds is 4. The second kappa shape index (κ2) is 5.32. The van der Waals surface area contributed by atoms with Gasteiger partial charge in [-0.05, 0) is 19.4 Å². The Hall–Kier alpha value is -1.07. The summed E-state index contributed by atoms with van der Waals surface area (Å²) in [6.45, 7) is 1.77. The molecule has 2 heterocycles. The predicted molar refractivity (Wildman–Crippen MR) is 64.2 cm³/mol. The monoisotopic (exact) mass is 240 g/mol. The molecule has 1 unspecified atom stereocenters. The van der Waals surface area contributed by atoms with Crippen molar-refractivity contribution in [2.75, 3.05) is 20.2 Å². The Kier molecular flexibility index (Phi) is 3.79. The number of carbonyl (C=O) groups excluding carboxylic acids is 1. The molecule has 0 bridgehead atoms. The number of hydrogen-bond donors (Lipinski definition) is 2. The van der Waals surface area contributed by atoms with Crippen molar-refractivity contribution < 1.29 is 9.53 Å². The zero-order chi connectivity index (χ0) is 11.4. The lowest BCUT2D eigenvalue weighted by Crippen LogP contribution is -2.36.